The van der Waals surface area contributed by atoms with Crippen LogP contribution < -0.4 is 10.2 Å². The first kappa shape index (κ1) is 37.0. The highest BCUT2D eigenvalue weighted by atomic mass is 16.6. The van der Waals surface area contributed by atoms with Gasteiger partial charge in [0.05, 0.1) is 30.7 Å². The van der Waals surface area contributed by atoms with E-state index in [1.807, 2.05) is 45.0 Å². The molecule has 13 nitrogen and oxygen atoms in total. The number of aromatic nitrogens is 2. The zero-order valence-electron chi connectivity index (χ0n) is 29.5. The zero-order valence-corrected chi connectivity index (χ0v) is 29.5. The standard InChI is InChI=1S/C36H48N6O7/c1-23(2)18-30(48-31(45)21-37-20-25(43)22-40(7)35(47)49-36(4,5)6)34(46)42-16-14-41(15-17-42)33-26-13-12-24(3)19-28(26)38-32(39-33)27-10-8-9-11-29(27)44/h8-13,19,23,30,37,44H,14-18,20-22H2,1-7H3. The number of nitrogens with zero attached hydrogens (tertiary/aromatic N) is 5. The Balaban J connectivity index is 1.36. The van der Waals surface area contributed by atoms with Gasteiger partial charge in [-0.25, -0.2) is 14.8 Å². The van der Waals surface area contributed by atoms with Crippen LogP contribution in [0.3, 0.4) is 0 Å². The second kappa shape index (κ2) is 16.1. The number of benzene rings is 2. The topological polar surface area (TPSA) is 154 Å². The molecule has 264 valence electrons. The number of carbonyl (C=O) groups is 4. The van der Waals surface area contributed by atoms with Crippen LogP contribution in [-0.4, -0.2) is 113 Å². The fourth-order valence-electron chi connectivity index (χ4n) is 5.45. The fraction of sp³-hybridized carbons (Fsp3) is 0.500. The van der Waals surface area contributed by atoms with Crippen LogP contribution in [0.4, 0.5) is 10.6 Å². The number of phenolic OH excluding ortho intramolecular Hbond substituents is 1. The van der Waals surface area contributed by atoms with E-state index >= 15 is 0 Å². The van der Waals surface area contributed by atoms with Gasteiger partial charge in [-0.1, -0.05) is 32.0 Å². The van der Waals surface area contributed by atoms with Crippen LogP contribution in [0.15, 0.2) is 42.5 Å². The summed E-state index contributed by atoms with van der Waals surface area (Å²) in [6.07, 6.45) is -1.23. The number of amides is 2. The molecule has 1 saturated heterocycles. The minimum Gasteiger partial charge on any atom is -0.507 e. The van der Waals surface area contributed by atoms with Crippen molar-refractivity contribution >= 4 is 40.5 Å². The second-order valence-corrected chi connectivity index (χ2v) is 13.8. The van der Waals surface area contributed by atoms with E-state index in [-0.39, 0.29) is 43.0 Å². The highest BCUT2D eigenvalue weighted by Crippen LogP contribution is 2.32. The largest absolute Gasteiger partial charge is 0.507 e. The Morgan fingerprint density at radius 2 is 1.69 bits per heavy atom. The van der Waals surface area contributed by atoms with Crippen LogP contribution in [0.2, 0.25) is 0 Å². The summed E-state index contributed by atoms with van der Waals surface area (Å²) in [6.45, 7) is 12.3. The number of likely N-dealkylation sites (N-methyl/N-ethyl adjacent to an activating group) is 1. The Bertz CT molecular complexity index is 1660. The molecule has 0 bridgehead atoms. The molecular formula is C36H48N6O7. The summed E-state index contributed by atoms with van der Waals surface area (Å²) in [5.41, 5.74) is 1.66. The average molecular weight is 677 g/mol. The molecular weight excluding hydrogens is 628 g/mol. The highest BCUT2D eigenvalue weighted by Gasteiger charge is 2.32. The molecule has 1 aliphatic heterocycles. The number of para-hydroxylation sites is 1. The average Bonchev–Trinajstić information content (AvgIpc) is 3.02. The lowest BCUT2D eigenvalue weighted by atomic mass is 10.0. The number of anilines is 1. The number of hydrogen-bond acceptors (Lipinski definition) is 11. The van der Waals surface area contributed by atoms with E-state index in [9.17, 15) is 24.3 Å². The van der Waals surface area contributed by atoms with Crippen LogP contribution in [0, 0.1) is 12.8 Å². The smallest absolute Gasteiger partial charge is 0.410 e. The Labute approximate surface area is 287 Å². The lowest BCUT2D eigenvalue weighted by molar-refractivity contribution is -0.160. The maximum Gasteiger partial charge on any atom is 0.410 e. The van der Waals surface area contributed by atoms with Gasteiger partial charge in [-0.15, -0.1) is 0 Å². The van der Waals surface area contributed by atoms with Crippen LogP contribution in [0.1, 0.15) is 46.6 Å². The molecule has 1 aliphatic rings. The maximum atomic E-state index is 13.7. The molecule has 1 fully saturated rings. The van der Waals surface area contributed by atoms with Gasteiger partial charge in [0.15, 0.2) is 17.7 Å². The molecule has 0 radical (unpaired) electrons. The van der Waals surface area contributed by atoms with Gasteiger partial charge in [0.1, 0.15) is 17.2 Å². The Hall–Kier alpha value is -4.78. The SMILES string of the molecule is Cc1ccc2c(N3CCN(C(=O)C(CC(C)C)OC(=O)CNCC(=O)CN(C)C(=O)OC(C)(C)C)CC3)nc(-c3ccccc3O)nc2c1. The van der Waals surface area contributed by atoms with Gasteiger partial charge in [-0.05, 0) is 69.9 Å². The molecule has 2 amide bonds. The number of aryl methyl sites for hydroxylation is 1. The van der Waals surface area contributed by atoms with Gasteiger partial charge in [0.2, 0.25) is 0 Å². The third-order valence-corrected chi connectivity index (χ3v) is 7.81. The number of piperazine rings is 1. The van der Waals surface area contributed by atoms with Crippen LogP contribution in [0.5, 0.6) is 5.75 Å². The van der Waals surface area contributed by atoms with Gasteiger partial charge < -0.3 is 29.3 Å². The number of phenols is 1. The first-order valence-corrected chi connectivity index (χ1v) is 16.6. The van der Waals surface area contributed by atoms with Crippen molar-refractivity contribution in [1.29, 1.82) is 0 Å². The molecule has 49 heavy (non-hydrogen) atoms. The molecule has 1 atom stereocenters. The molecule has 3 aromatic rings. The van der Waals surface area contributed by atoms with Crippen molar-refractivity contribution < 1.29 is 33.8 Å². The number of hydrogen-bond donors (Lipinski definition) is 2. The first-order valence-electron chi connectivity index (χ1n) is 16.6. The van der Waals surface area contributed by atoms with Crippen molar-refractivity contribution in [1.82, 2.24) is 25.1 Å². The van der Waals surface area contributed by atoms with E-state index in [4.69, 9.17) is 19.4 Å². The number of esters is 1. The van der Waals surface area contributed by atoms with E-state index < -0.39 is 23.8 Å². The Morgan fingerprint density at radius 1 is 1.00 bits per heavy atom. The molecule has 2 N–H and O–H groups in total. The fourth-order valence-corrected chi connectivity index (χ4v) is 5.45. The van der Waals surface area contributed by atoms with Crippen molar-refractivity contribution in [3.63, 3.8) is 0 Å². The van der Waals surface area contributed by atoms with Gasteiger partial charge >= 0.3 is 12.1 Å². The van der Waals surface area contributed by atoms with E-state index in [1.165, 1.54) is 11.9 Å². The van der Waals surface area contributed by atoms with Crippen molar-refractivity contribution in [2.75, 3.05) is 57.8 Å². The summed E-state index contributed by atoms with van der Waals surface area (Å²) >= 11 is 0. The molecule has 0 saturated carbocycles. The molecule has 2 aromatic carbocycles. The number of ketones is 1. The minimum atomic E-state index is -0.967. The van der Waals surface area contributed by atoms with Crippen molar-refractivity contribution in [2.24, 2.45) is 5.92 Å². The second-order valence-electron chi connectivity index (χ2n) is 13.8. The number of fused-ring (bicyclic) bond motifs is 1. The van der Waals surface area contributed by atoms with Gasteiger partial charge in [-0.3, -0.25) is 19.7 Å². The van der Waals surface area contributed by atoms with Gasteiger partial charge in [0.25, 0.3) is 5.91 Å². The lowest BCUT2D eigenvalue weighted by Crippen LogP contribution is -2.53. The molecule has 1 unspecified atom stereocenters. The summed E-state index contributed by atoms with van der Waals surface area (Å²) in [4.78, 5) is 65.5. The monoisotopic (exact) mass is 676 g/mol. The number of Topliss-reactive ketones (excluding diaryl/α,β-unsaturated/α-hetero) is 1. The minimum absolute atomic E-state index is 0.0876. The van der Waals surface area contributed by atoms with Crippen molar-refractivity contribution in [3.8, 4) is 17.1 Å². The van der Waals surface area contributed by atoms with Crippen molar-refractivity contribution in [3.05, 3.63) is 48.0 Å². The molecule has 13 heteroatoms. The summed E-state index contributed by atoms with van der Waals surface area (Å²) < 4.78 is 10.9. The number of rotatable bonds is 12. The maximum absolute atomic E-state index is 13.7. The third-order valence-electron chi connectivity index (χ3n) is 7.81. The Kier molecular flexibility index (Phi) is 12.2. The first-order chi connectivity index (χ1) is 23.1. The number of carbonyl (C=O) groups excluding carboxylic acids is 4. The molecule has 2 heterocycles. The lowest BCUT2D eigenvalue weighted by Gasteiger charge is -2.37. The highest BCUT2D eigenvalue weighted by molar-refractivity contribution is 5.92. The zero-order chi connectivity index (χ0) is 35.9. The molecule has 0 spiro atoms. The van der Waals surface area contributed by atoms with Gasteiger partial charge in [0, 0.05) is 38.6 Å². The van der Waals surface area contributed by atoms with E-state index in [0.717, 1.165) is 22.3 Å². The van der Waals surface area contributed by atoms with Crippen LogP contribution >= 0.6 is 0 Å². The number of ether oxygens (including phenoxy) is 2. The molecule has 0 aliphatic carbocycles. The number of nitrogens with one attached hydrogen (secondary N) is 1. The summed E-state index contributed by atoms with van der Waals surface area (Å²) in [7, 11) is 1.46. The van der Waals surface area contributed by atoms with E-state index in [0.29, 0.717) is 44.0 Å². The van der Waals surface area contributed by atoms with Crippen molar-refractivity contribution in [2.45, 2.75) is 59.7 Å². The van der Waals surface area contributed by atoms with Crippen LogP contribution in [-0.2, 0) is 23.9 Å². The molecule has 1 aromatic heterocycles. The predicted octanol–water partition coefficient (Wildman–Crippen LogP) is 3.94. The summed E-state index contributed by atoms with van der Waals surface area (Å²) in [5.74, 6) is 0.0876. The quantitative estimate of drug-likeness (QED) is 0.268. The summed E-state index contributed by atoms with van der Waals surface area (Å²) in [5, 5.41) is 14.1. The third kappa shape index (κ3) is 10.4. The normalized spacial score (nSPS) is 14.1. The predicted molar refractivity (Wildman–Crippen MR) is 186 cm³/mol. The number of aromatic hydroxyl groups is 1. The van der Waals surface area contributed by atoms with E-state index in [1.54, 1.807) is 43.9 Å². The molecule has 4 rings (SSSR count). The van der Waals surface area contributed by atoms with Gasteiger partial charge in [-0.2, -0.15) is 0 Å². The van der Waals surface area contributed by atoms with E-state index in [2.05, 4.69) is 10.2 Å². The van der Waals surface area contributed by atoms with Crippen LogP contribution in [0.25, 0.3) is 22.3 Å². The summed E-state index contributed by atoms with van der Waals surface area (Å²) in [6, 6.07) is 12.9. The Morgan fingerprint density at radius 3 is 2.35 bits per heavy atom.